The van der Waals surface area contributed by atoms with E-state index in [2.05, 4.69) is 33.0 Å². The smallest absolute Gasteiger partial charge is 0.0802 e. The van der Waals surface area contributed by atoms with Gasteiger partial charge in [-0.1, -0.05) is 13.8 Å². The van der Waals surface area contributed by atoms with Crippen LogP contribution in [0, 0.1) is 5.92 Å². The van der Waals surface area contributed by atoms with Crippen molar-refractivity contribution in [3.63, 3.8) is 0 Å². The van der Waals surface area contributed by atoms with Gasteiger partial charge >= 0.3 is 0 Å². The predicted molar refractivity (Wildman–Crippen MR) is 46.0 cm³/mol. The predicted octanol–water partition coefficient (Wildman–Crippen LogP) is 1.39. The first-order valence-electron chi connectivity index (χ1n) is 4.46. The number of rotatable bonds is 5. The van der Waals surface area contributed by atoms with Crippen LogP contribution in [-0.4, -0.2) is 12.6 Å². The van der Waals surface area contributed by atoms with Crippen LogP contribution in [0.1, 0.15) is 40.5 Å². The molecule has 0 saturated heterocycles. The summed E-state index contributed by atoms with van der Waals surface area (Å²) < 4.78 is 0. The number of nitrogens with two attached hydrogens (primary N) is 1. The maximum absolute atomic E-state index is 2.41. The van der Waals surface area contributed by atoms with E-state index in [0.717, 1.165) is 12.0 Å². The summed E-state index contributed by atoms with van der Waals surface area (Å²) in [6.45, 7) is 10.4. The lowest BCUT2D eigenvalue weighted by Crippen LogP contribution is -2.88. The van der Waals surface area contributed by atoms with E-state index in [0.29, 0.717) is 0 Å². The van der Waals surface area contributed by atoms with Gasteiger partial charge in [0, 0.05) is 0 Å². The normalized spacial score (nSPS) is 11.4. The quantitative estimate of drug-likeness (QED) is 0.562. The van der Waals surface area contributed by atoms with Crippen molar-refractivity contribution < 1.29 is 5.32 Å². The molecule has 0 radical (unpaired) electrons. The molecule has 0 fully saturated rings. The van der Waals surface area contributed by atoms with Crippen molar-refractivity contribution in [1.82, 2.24) is 0 Å². The van der Waals surface area contributed by atoms with Crippen molar-refractivity contribution in [2.24, 2.45) is 5.92 Å². The minimum Gasteiger partial charge on any atom is -0.344 e. The fourth-order valence-corrected chi connectivity index (χ4v) is 0.977. The molecule has 0 atom stereocenters. The molecule has 0 spiro atoms. The lowest BCUT2D eigenvalue weighted by atomic mass is 10.1. The van der Waals surface area contributed by atoms with Gasteiger partial charge in [-0.25, -0.2) is 0 Å². The van der Waals surface area contributed by atoms with Crippen LogP contribution in [0.25, 0.3) is 0 Å². The van der Waals surface area contributed by atoms with Crippen LogP contribution in [0.4, 0.5) is 0 Å². The Balaban J connectivity index is 2.91. The molecule has 0 aromatic heterocycles. The third-order valence-corrected chi connectivity index (χ3v) is 1.62. The van der Waals surface area contributed by atoms with Crippen molar-refractivity contribution in [2.45, 2.75) is 46.6 Å². The maximum Gasteiger partial charge on any atom is 0.0802 e. The average Bonchev–Trinajstić information content (AvgIpc) is 1.79. The van der Waals surface area contributed by atoms with Crippen molar-refractivity contribution in [1.29, 1.82) is 0 Å². The molecule has 0 aliphatic carbocycles. The van der Waals surface area contributed by atoms with Gasteiger partial charge in [0.2, 0.25) is 0 Å². The highest BCUT2D eigenvalue weighted by Crippen LogP contribution is 2.00. The van der Waals surface area contributed by atoms with Crippen LogP contribution in [0.15, 0.2) is 0 Å². The molecule has 2 N–H and O–H groups in total. The van der Waals surface area contributed by atoms with Crippen molar-refractivity contribution >= 4 is 0 Å². The van der Waals surface area contributed by atoms with Gasteiger partial charge in [0.15, 0.2) is 0 Å². The van der Waals surface area contributed by atoms with Gasteiger partial charge in [-0.05, 0) is 32.6 Å². The molecule has 0 bridgehead atoms. The molecule has 0 saturated carbocycles. The highest BCUT2D eigenvalue weighted by atomic mass is 14.9. The monoisotopic (exact) mass is 144 g/mol. The molecular formula is C9H22N+. The van der Waals surface area contributed by atoms with Crippen LogP contribution in [0.5, 0.6) is 0 Å². The van der Waals surface area contributed by atoms with E-state index in [1.54, 1.807) is 0 Å². The summed E-state index contributed by atoms with van der Waals surface area (Å²) in [7, 11) is 0. The van der Waals surface area contributed by atoms with Crippen LogP contribution in [0.3, 0.4) is 0 Å². The molecule has 0 amide bonds. The first-order chi connectivity index (χ1) is 4.63. The molecule has 0 heterocycles. The molecule has 1 heteroatoms. The van der Waals surface area contributed by atoms with Crippen LogP contribution in [0.2, 0.25) is 0 Å². The highest BCUT2D eigenvalue weighted by molar-refractivity contribution is 4.43. The zero-order valence-electron chi connectivity index (χ0n) is 7.85. The summed E-state index contributed by atoms with van der Waals surface area (Å²) in [5, 5.41) is 2.41. The van der Waals surface area contributed by atoms with Gasteiger partial charge < -0.3 is 5.32 Å². The first kappa shape index (κ1) is 9.96. The molecule has 10 heavy (non-hydrogen) atoms. The lowest BCUT2D eigenvalue weighted by molar-refractivity contribution is -0.683. The molecule has 1 nitrogen and oxygen atoms in total. The fourth-order valence-electron chi connectivity index (χ4n) is 0.977. The van der Waals surface area contributed by atoms with E-state index < -0.39 is 0 Å². The summed E-state index contributed by atoms with van der Waals surface area (Å²) in [5.74, 6) is 0.876. The zero-order chi connectivity index (χ0) is 7.98. The molecule has 0 rings (SSSR count). The average molecular weight is 144 g/mol. The largest absolute Gasteiger partial charge is 0.344 e. The zero-order valence-corrected chi connectivity index (χ0v) is 7.85. The third kappa shape index (κ3) is 7.96. The topological polar surface area (TPSA) is 16.6 Å². The van der Waals surface area contributed by atoms with Gasteiger partial charge in [-0.2, -0.15) is 0 Å². The Morgan fingerprint density at radius 3 is 2.10 bits per heavy atom. The van der Waals surface area contributed by atoms with Gasteiger partial charge in [0.1, 0.15) is 0 Å². The van der Waals surface area contributed by atoms with Gasteiger partial charge in [-0.3, -0.25) is 0 Å². The van der Waals surface area contributed by atoms with Crippen LogP contribution in [-0.2, 0) is 0 Å². The lowest BCUT2D eigenvalue weighted by Gasteiger charge is -2.05. The summed E-state index contributed by atoms with van der Waals surface area (Å²) in [6, 6.07) is 0.771. The van der Waals surface area contributed by atoms with Crippen LogP contribution >= 0.6 is 0 Å². The number of quaternary nitrogens is 1. The van der Waals surface area contributed by atoms with Gasteiger partial charge in [0.05, 0.1) is 12.6 Å². The Hall–Kier alpha value is -0.0400. The molecule has 0 aromatic rings. The second-order valence-corrected chi connectivity index (χ2v) is 3.80. The van der Waals surface area contributed by atoms with E-state index in [1.165, 1.54) is 19.4 Å². The molecule has 0 aliphatic rings. The molecule has 0 unspecified atom stereocenters. The number of hydrogen-bond acceptors (Lipinski definition) is 0. The second kappa shape index (κ2) is 5.72. The number of hydrogen-bond donors (Lipinski definition) is 1. The van der Waals surface area contributed by atoms with Crippen molar-refractivity contribution in [2.75, 3.05) is 6.54 Å². The minimum absolute atomic E-state index is 0.771. The Bertz CT molecular complexity index is 57.1. The minimum atomic E-state index is 0.771. The van der Waals surface area contributed by atoms with Gasteiger partial charge in [0.25, 0.3) is 0 Å². The maximum atomic E-state index is 2.41. The Labute approximate surface area is 65.2 Å². The Morgan fingerprint density at radius 1 is 1.10 bits per heavy atom. The summed E-state index contributed by atoms with van der Waals surface area (Å²) in [5.41, 5.74) is 0. The van der Waals surface area contributed by atoms with E-state index >= 15 is 0 Å². The highest BCUT2D eigenvalue weighted by Gasteiger charge is 1.97. The van der Waals surface area contributed by atoms with Crippen molar-refractivity contribution in [3.8, 4) is 0 Å². The van der Waals surface area contributed by atoms with Gasteiger partial charge in [-0.15, -0.1) is 0 Å². The molecular weight excluding hydrogens is 122 g/mol. The van der Waals surface area contributed by atoms with E-state index in [9.17, 15) is 0 Å². The molecule has 0 aliphatic heterocycles. The van der Waals surface area contributed by atoms with Crippen LogP contribution < -0.4 is 5.32 Å². The summed E-state index contributed by atoms with van der Waals surface area (Å²) in [4.78, 5) is 0. The molecule has 0 aromatic carbocycles. The van der Waals surface area contributed by atoms with Crippen molar-refractivity contribution in [3.05, 3.63) is 0 Å². The Kier molecular flexibility index (Phi) is 5.70. The SMILES string of the molecule is CC(C)CCC[NH2+]C(C)C. The van der Waals surface area contributed by atoms with E-state index in [4.69, 9.17) is 0 Å². The Morgan fingerprint density at radius 2 is 1.70 bits per heavy atom. The summed E-state index contributed by atoms with van der Waals surface area (Å²) >= 11 is 0. The second-order valence-electron chi connectivity index (χ2n) is 3.80. The van der Waals surface area contributed by atoms with E-state index in [1.807, 2.05) is 0 Å². The standard InChI is InChI=1S/C9H21N/c1-8(2)6-5-7-10-9(3)4/h8-10H,5-7H2,1-4H3/p+1. The molecule has 62 valence electrons. The third-order valence-electron chi connectivity index (χ3n) is 1.62. The summed E-state index contributed by atoms with van der Waals surface area (Å²) in [6.07, 6.45) is 2.75. The first-order valence-corrected chi connectivity index (χ1v) is 4.46. The van der Waals surface area contributed by atoms with E-state index in [-0.39, 0.29) is 0 Å². The fraction of sp³-hybridized carbons (Fsp3) is 1.00.